The molecule has 102 valence electrons. The molecule has 2 N–H and O–H groups in total. The fourth-order valence-electron chi connectivity index (χ4n) is 1.91. The molecule has 4 heteroatoms. The lowest BCUT2D eigenvalue weighted by molar-refractivity contribution is 0.474. The minimum Gasteiger partial charge on any atom is -0.508 e. The molecule has 0 radical (unpaired) electrons. The number of hydrogen-bond acceptors (Lipinski definition) is 4. The second-order valence-electron chi connectivity index (χ2n) is 4.73. The Morgan fingerprint density at radius 1 is 1.32 bits per heavy atom. The van der Waals surface area contributed by atoms with Crippen LogP contribution in [0.2, 0.25) is 0 Å². The van der Waals surface area contributed by atoms with Crippen molar-refractivity contribution in [3.8, 4) is 5.75 Å². The van der Waals surface area contributed by atoms with Gasteiger partial charge in [-0.25, -0.2) is 4.98 Å². The van der Waals surface area contributed by atoms with Gasteiger partial charge >= 0.3 is 0 Å². The standard InChI is InChI=1S/C15H20N2OS/c1-3-14-9-17-15(19-14)10-16-11(2)8-12-4-6-13(18)7-5-12/h4-7,9,11,16,18H,3,8,10H2,1-2H3. The minimum absolute atomic E-state index is 0.319. The third kappa shape index (κ3) is 4.33. The molecule has 1 unspecified atom stereocenters. The molecule has 1 atom stereocenters. The van der Waals surface area contributed by atoms with E-state index in [0.29, 0.717) is 11.8 Å². The number of nitrogens with one attached hydrogen (secondary N) is 1. The summed E-state index contributed by atoms with van der Waals surface area (Å²) in [4.78, 5) is 5.74. The first kappa shape index (κ1) is 14.0. The molecule has 0 amide bonds. The van der Waals surface area contributed by atoms with Crippen LogP contribution in [0.15, 0.2) is 30.5 Å². The number of hydrogen-bond donors (Lipinski definition) is 2. The van der Waals surface area contributed by atoms with E-state index in [0.717, 1.165) is 24.4 Å². The van der Waals surface area contributed by atoms with Crippen LogP contribution in [-0.2, 0) is 19.4 Å². The van der Waals surface area contributed by atoms with Crippen molar-refractivity contribution in [1.29, 1.82) is 0 Å². The van der Waals surface area contributed by atoms with E-state index in [2.05, 4.69) is 24.1 Å². The van der Waals surface area contributed by atoms with Gasteiger partial charge in [-0.15, -0.1) is 11.3 Å². The Balaban J connectivity index is 1.81. The molecule has 2 aromatic rings. The Kier molecular flexibility index (Phi) is 4.93. The number of benzene rings is 1. The molecule has 0 aliphatic rings. The Hall–Kier alpha value is -1.39. The molecule has 0 aliphatic heterocycles. The van der Waals surface area contributed by atoms with E-state index < -0.39 is 0 Å². The highest BCUT2D eigenvalue weighted by molar-refractivity contribution is 7.11. The van der Waals surface area contributed by atoms with Crippen LogP contribution in [0.3, 0.4) is 0 Å². The molecule has 3 nitrogen and oxygen atoms in total. The second-order valence-corrected chi connectivity index (χ2v) is 5.93. The van der Waals surface area contributed by atoms with Crippen LogP contribution in [0.1, 0.15) is 29.3 Å². The van der Waals surface area contributed by atoms with Gasteiger partial charge in [0.1, 0.15) is 10.8 Å². The van der Waals surface area contributed by atoms with E-state index >= 15 is 0 Å². The summed E-state index contributed by atoms with van der Waals surface area (Å²) in [5.74, 6) is 0.319. The van der Waals surface area contributed by atoms with Crippen molar-refractivity contribution in [2.24, 2.45) is 0 Å². The minimum atomic E-state index is 0.319. The lowest BCUT2D eigenvalue weighted by Gasteiger charge is -2.12. The zero-order chi connectivity index (χ0) is 13.7. The average Bonchev–Trinajstić information content (AvgIpc) is 2.87. The fraction of sp³-hybridized carbons (Fsp3) is 0.400. The summed E-state index contributed by atoms with van der Waals surface area (Å²) in [7, 11) is 0. The number of aryl methyl sites for hydroxylation is 1. The zero-order valence-corrected chi connectivity index (χ0v) is 12.2. The fourth-order valence-corrected chi connectivity index (χ4v) is 2.73. The van der Waals surface area contributed by atoms with E-state index in [1.807, 2.05) is 18.3 Å². The number of phenols is 1. The summed E-state index contributed by atoms with van der Waals surface area (Å²) in [5, 5.41) is 13.9. The highest BCUT2D eigenvalue weighted by atomic mass is 32.1. The Bertz CT molecular complexity index is 507. The Morgan fingerprint density at radius 2 is 2.05 bits per heavy atom. The normalized spacial score (nSPS) is 12.5. The van der Waals surface area contributed by atoms with Crippen LogP contribution < -0.4 is 5.32 Å². The zero-order valence-electron chi connectivity index (χ0n) is 11.4. The first-order valence-electron chi connectivity index (χ1n) is 6.62. The number of aromatic hydroxyl groups is 1. The molecule has 1 aromatic heterocycles. The molecule has 0 fully saturated rings. The first-order chi connectivity index (χ1) is 9.17. The lowest BCUT2D eigenvalue weighted by atomic mass is 10.1. The molecule has 0 saturated heterocycles. The third-order valence-electron chi connectivity index (χ3n) is 3.03. The van der Waals surface area contributed by atoms with E-state index in [-0.39, 0.29) is 0 Å². The molecule has 19 heavy (non-hydrogen) atoms. The van der Waals surface area contributed by atoms with Crippen LogP contribution in [0.4, 0.5) is 0 Å². The first-order valence-corrected chi connectivity index (χ1v) is 7.44. The Morgan fingerprint density at radius 3 is 2.68 bits per heavy atom. The molecular weight excluding hydrogens is 256 g/mol. The lowest BCUT2D eigenvalue weighted by Crippen LogP contribution is -2.27. The number of aromatic nitrogens is 1. The predicted molar refractivity (Wildman–Crippen MR) is 79.6 cm³/mol. The van der Waals surface area contributed by atoms with Gasteiger partial charge in [0.2, 0.25) is 0 Å². The van der Waals surface area contributed by atoms with Gasteiger partial charge in [0.05, 0.1) is 0 Å². The van der Waals surface area contributed by atoms with Crippen molar-refractivity contribution in [2.75, 3.05) is 0 Å². The third-order valence-corrected chi connectivity index (χ3v) is 4.17. The van der Waals surface area contributed by atoms with Gasteiger partial charge in [-0.2, -0.15) is 0 Å². The monoisotopic (exact) mass is 276 g/mol. The highest BCUT2D eigenvalue weighted by Crippen LogP contribution is 2.14. The number of nitrogens with zero attached hydrogens (tertiary/aromatic N) is 1. The molecule has 1 heterocycles. The maximum Gasteiger partial charge on any atom is 0.115 e. The van der Waals surface area contributed by atoms with Gasteiger partial charge in [0.25, 0.3) is 0 Å². The second kappa shape index (κ2) is 6.68. The van der Waals surface area contributed by atoms with Gasteiger partial charge in [-0.3, -0.25) is 0 Å². The van der Waals surface area contributed by atoms with Crippen molar-refractivity contribution in [2.45, 2.75) is 39.3 Å². The van der Waals surface area contributed by atoms with Crippen molar-refractivity contribution in [3.63, 3.8) is 0 Å². The molecule has 0 aliphatic carbocycles. The van der Waals surface area contributed by atoms with Crippen LogP contribution in [0.5, 0.6) is 5.75 Å². The van der Waals surface area contributed by atoms with Crippen molar-refractivity contribution in [3.05, 3.63) is 45.9 Å². The van der Waals surface area contributed by atoms with Crippen molar-refractivity contribution in [1.82, 2.24) is 10.3 Å². The smallest absolute Gasteiger partial charge is 0.115 e. The summed E-state index contributed by atoms with van der Waals surface area (Å²) >= 11 is 1.78. The average molecular weight is 276 g/mol. The van der Waals surface area contributed by atoms with Gasteiger partial charge < -0.3 is 10.4 Å². The largest absolute Gasteiger partial charge is 0.508 e. The van der Waals surface area contributed by atoms with Crippen LogP contribution in [0, 0.1) is 0 Å². The van der Waals surface area contributed by atoms with Gasteiger partial charge in [0.15, 0.2) is 0 Å². The number of thiazole rings is 1. The van der Waals surface area contributed by atoms with Gasteiger partial charge in [-0.1, -0.05) is 19.1 Å². The summed E-state index contributed by atoms with van der Waals surface area (Å²) < 4.78 is 0. The molecular formula is C15H20N2OS. The van der Waals surface area contributed by atoms with Crippen LogP contribution in [0.25, 0.3) is 0 Å². The Labute approximate surface area is 118 Å². The van der Waals surface area contributed by atoms with E-state index in [1.54, 1.807) is 23.5 Å². The van der Waals surface area contributed by atoms with E-state index in [1.165, 1.54) is 10.4 Å². The predicted octanol–water partition coefficient (Wildman–Crippen LogP) is 3.13. The topological polar surface area (TPSA) is 45.2 Å². The maximum atomic E-state index is 9.25. The molecule has 1 aromatic carbocycles. The summed E-state index contributed by atoms with van der Waals surface area (Å²) in [6.45, 7) is 5.14. The van der Waals surface area contributed by atoms with Crippen LogP contribution in [-0.4, -0.2) is 16.1 Å². The molecule has 0 bridgehead atoms. The molecule has 0 saturated carbocycles. The maximum absolute atomic E-state index is 9.25. The van der Waals surface area contributed by atoms with Crippen molar-refractivity contribution < 1.29 is 5.11 Å². The van der Waals surface area contributed by atoms with Gasteiger partial charge in [-0.05, 0) is 37.5 Å². The number of phenolic OH excluding ortho intramolecular Hbond substituents is 1. The molecule has 2 rings (SSSR count). The summed E-state index contributed by atoms with van der Waals surface area (Å²) in [6, 6.07) is 7.78. The summed E-state index contributed by atoms with van der Waals surface area (Å²) in [6.07, 6.45) is 3.97. The van der Waals surface area contributed by atoms with E-state index in [4.69, 9.17) is 0 Å². The quantitative estimate of drug-likeness (QED) is 0.852. The van der Waals surface area contributed by atoms with Gasteiger partial charge in [0, 0.05) is 23.7 Å². The van der Waals surface area contributed by atoms with E-state index in [9.17, 15) is 5.11 Å². The SMILES string of the molecule is CCc1cnc(CNC(C)Cc2ccc(O)cc2)s1. The number of rotatable bonds is 6. The van der Waals surface area contributed by atoms with Crippen molar-refractivity contribution >= 4 is 11.3 Å². The van der Waals surface area contributed by atoms with Crippen LogP contribution >= 0.6 is 11.3 Å². The highest BCUT2D eigenvalue weighted by Gasteiger charge is 2.05. The summed E-state index contributed by atoms with van der Waals surface area (Å²) in [5.41, 5.74) is 1.23. The molecule has 0 spiro atoms.